The Morgan fingerprint density at radius 1 is 0.953 bits per heavy atom. The Kier molecular flexibility index (Phi) is 8.79. The standard InChI is InChI=1S/C29H35N5O7S2/c1-20-17-21-18-22(8-13-26(21)41-20)30-29(32-43(39,40)24-11-9-23(10-12-24)42(2,37)38)31-25-7-3-4-16-34(28(25)36)19-27(35)33-14-5-6-15-33/h8-13,17-18,25H,3-7,14-16,19H2,1-2H3,(H2,30,31,32). The van der Waals surface area contributed by atoms with Gasteiger partial charge in [-0.3, -0.25) is 9.59 Å². The van der Waals surface area contributed by atoms with Crippen LogP contribution >= 0.6 is 0 Å². The van der Waals surface area contributed by atoms with E-state index in [2.05, 4.69) is 15.0 Å². The Morgan fingerprint density at radius 2 is 1.63 bits per heavy atom. The molecule has 2 aromatic carbocycles. The summed E-state index contributed by atoms with van der Waals surface area (Å²) in [4.78, 5) is 34.1. The third-order valence-electron chi connectivity index (χ3n) is 7.52. The maximum Gasteiger partial charge on any atom is 0.264 e. The molecule has 0 saturated carbocycles. The minimum atomic E-state index is -4.24. The van der Waals surface area contributed by atoms with Crippen molar-refractivity contribution in [2.24, 2.45) is 4.99 Å². The van der Waals surface area contributed by atoms with Gasteiger partial charge in [-0.05, 0) is 87.6 Å². The van der Waals surface area contributed by atoms with E-state index in [9.17, 15) is 26.4 Å². The van der Waals surface area contributed by atoms with Crippen molar-refractivity contribution >= 4 is 54.3 Å². The average molecular weight is 630 g/mol. The first-order chi connectivity index (χ1) is 20.4. The zero-order valence-corrected chi connectivity index (χ0v) is 25.7. The lowest BCUT2D eigenvalue weighted by molar-refractivity contribution is -0.140. The first-order valence-electron chi connectivity index (χ1n) is 14.1. The van der Waals surface area contributed by atoms with Gasteiger partial charge in [0.1, 0.15) is 17.4 Å². The quantitative estimate of drug-likeness (QED) is 0.298. The van der Waals surface area contributed by atoms with Crippen LogP contribution < -0.4 is 10.0 Å². The number of carbonyl (C=O) groups excluding carboxylic acids is 2. The van der Waals surface area contributed by atoms with Crippen LogP contribution in [-0.2, 0) is 29.4 Å². The second kappa shape index (κ2) is 12.4. The van der Waals surface area contributed by atoms with Crippen LogP contribution in [0.15, 0.2) is 67.7 Å². The van der Waals surface area contributed by atoms with Crippen LogP contribution in [0.5, 0.6) is 0 Å². The van der Waals surface area contributed by atoms with Crippen molar-refractivity contribution in [3.8, 4) is 0 Å². The van der Waals surface area contributed by atoms with E-state index in [1.54, 1.807) is 23.1 Å². The number of anilines is 1. The fourth-order valence-corrected chi connectivity index (χ4v) is 6.88. The number of rotatable bonds is 7. The molecule has 5 rings (SSSR count). The Labute approximate surface area is 251 Å². The van der Waals surface area contributed by atoms with Crippen LogP contribution in [0.4, 0.5) is 5.69 Å². The van der Waals surface area contributed by atoms with Crippen LogP contribution in [0.3, 0.4) is 0 Å². The number of nitrogens with zero attached hydrogens (tertiary/aromatic N) is 3. The van der Waals surface area contributed by atoms with Crippen LogP contribution in [0.2, 0.25) is 0 Å². The first-order valence-corrected chi connectivity index (χ1v) is 17.5. The van der Waals surface area contributed by atoms with Gasteiger partial charge in [0.15, 0.2) is 9.84 Å². The highest BCUT2D eigenvalue weighted by Crippen LogP contribution is 2.24. The maximum atomic E-state index is 13.6. The summed E-state index contributed by atoms with van der Waals surface area (Å²) in [6.07, 6.45) is 4.67. The number of aliphatic imine (C=N–C) groups is 1. The first kappa shape index (κ1) is 30.5. The van der Waals surface area contributed by atoms with Crippen molar-refractivity contribution in [3.63, 3.8) is 0 Å². The van der Waals surface area contributed by atoms with Gasteiger partial charge in [0.05, 0.1) is 16.3 Å². The van der Waals surface area contributed by atoms with Crippen molar-refractivity contribution in [1.82, 2.24) is 14.5 Å². The van der Waals surface area contributed by atoms with Gasteiger partial charge in [-0.25, -0.2) is 26.6 Å². The SMILES string of the molecule is Cc1cc2cc(NC(=NC3CCCCN(CC(=O)N4CCCC4)C3=O)NS(=O)(=O)c3ccc(S(C)(=O)=O)cc3)ccc2o1. The van der Waals surface area contributed by atoms with E-state index in [1.807, 2.05) is 13.0 Å². The lowest BCUT2D eigenvalue weighted by atomic mass is 10.1. The largest absolute Gasteiger partial charge is 0.461 e. The summed E-state index contributed by atoms with van der Waals surface area (Å²) in [6.45, 7) is 3.57. The van der Waals surface area contributed by atoms with E-state index in [-0.39, 0.29) is 34.1 Å². The zero-order valence-electron chi connectivity index (χ0n) is 24.1. The summed E-state index contributed by atoms with van der Waals surface area (Å²) < 4.78 is 58.6. The number of benzene rings is 2. The number of carbonyl (C=O) groups is 2. The highest BCUT2D eigenvalue weighted by atomic mass is 32.2. The number of nitrogens with one attached hydrogen (secondary N) is 2. The molecule has 230 valence electrons. The molecule has 3 aromatic rings. The predicted octanol–water partition coefficient (Wildman–Crippen LogP) is 2.89. The van der Waals surface area contributed by atoms with Crippen molar-refractivity contribution in [2.75, 3.05) is 37.8 Å². The summed E-state index contributed by atoms with van der Waals surface area (Å²) in [5.74, 6) is 0.0856. The average Bonchev–Trinajstić information content (AvgIpc) is 3.58. The van der Waals surface area contributed by atoms with E-state index < -0.39 is 25.9 Å². The van der Waals surface area contributed by atoms with Crippen LogP contribution in [0.1, 0.15) is 37.9 Å². The molecule has 2 amide bonds. The molecule has 0 bridgehead atoms. The third kappa shape index (κ3) is 7.36. The summed E-state index contributed by atoms with van der Waals surface area (Å²) in [5, 5.41) is 3.80. The van der Waals surface area contributed by atoms with Crippen molar-refractivity contribution in [1.29, 1.82) is 0 Å². The second-order valence-electron chi connectivity index (χ2n) is 10.9. The maximum absolute atomic E-state index is 13.6. The minimum absolute atomic E-state index is 0.0187. The third-order valence-corrected chi connectivity index (χ3v) is 10.0. The molecule has 0 aliphatic carbocycles. The van der Waals surface area contributed by atoms with Crippen LogP contribution in [0.25, 0.3) is 11.0 Å². The van der Waals surface area contributed by atoms with Crippen molar-refractivity contribution in [2.45, 2.75) is 54.9 Å². The summed E-state index contributed by atoms with van der Waals surface area (Å²) >= 11 is 0. The summed E-state index contributed by atoms with van der Waals surface area (Å²) in [7, 11) is -7.77. The van der Waals surface area contributed by atoms with E-state index in [4.69, 9.17) is 4.42 Å². The molecule has 0 radical (unpaired) electrons. The van der Waals surface area contributed by atoms with Gasteiger partial charge in [-0.1, -0.05) is 0 Å². The molecule has 1 unspecified atom stereocenters. The Balaban J connectivity index is 1.44. The van der Waals surface area contributed by atoms with E-state index >= 15 is 0 Å². The highest BCUT2D eigenvalue weighted by Gasteiger charge is 2.31. The fraction of sp³-hybridized carbons (Fsp3) is 0.414. The number of sulfone groups is 1. The minimum Gasteiger partial charge on any atom is -0.461 e. The number of furan rings is 1. The van der Waals surface area contributed by atoms with E-state index in [0.717, 1.165) is 24.5 Å². The molecule has 2 aliphatic rings. The summed E-state index contributed by atoms with van der Waals surface area (Å²) in [5.41, 5.74) is 1.16. The molecule has 0 spiro atoms. The number of aryl methyl sites for hydroxylation is 1. The molecule has 1 atom stereocenters. The highest BCUT2D eigenvalue weighted by molar-refractivity contribution is 7.91. The number of amides is 2. The molecule has 3 heterocycles. The Hall–Kier alpha value is -3.91. The lowest BCUT2D eigenvalue weighted by Crippen LogP contribution is -2.45. The Morgan fingerprint density at radius 3 is 2.33 bits per heavy atom. The molecule has 43 heavy (non-hydrogen) atoms. The molecule has 2 aliphatic heterocycles. The lowest BCUT2D eigenvalue weighted by Gasteiger charge is -2.25. The normalized spacial score (nSPS) is 18.6. The Bertz CT molecular complexity index is 1760. The molecule has 2 fully saturated rings. The van der Waals surface area contributed by atoms with Gasteiger partial charge in [-0.2, -0.15) is 0 Å². The number of guanidine groups is 1. The van der Waals surface area contributed by atoms with Gasteiger partial charge in [0.25, 0.3) is 10.0 Å². The van der Waals surface area contributed by atoms with E-state index in [0.29, 0.717) is 55.9 Å². The molecule has 14 heteroatoms. The summed E-state index contributed by atoms with van der Waals surface area (Å²) in [6, 6.07) is 10.9. The molecule has 12 nitrogen and oxygen atoms in total. The van der Waals surface area contributed by atoms with Gasteiger partial charge < -0.3 is 19.5 Å². The molecular formula is C29H35N5O7S2. The van der Waals surface area contributed by atoms with Crippen molar-refractivity contribution in [3.05, 3.63) is 54.3 Å². The molecular weight excluding hydrogens is 594 g/mol. The fourth-order valence-electron chi connectivity index (χ4n) is 5.27. The number of likely N-dealkylation sites (tertiary alicyclic amines) is 2. The zero-order chi connectivity index (χ0) is 30.8. The monoisotopic (exact) mass is 629 g/mol. The van der Waals surface area contributed by atoms with Gasteiger partial charge in [-0.15, -0.1) is 0 Å². The number of hydrogen-bond acceptors (Lipinski definition) is 8. The second-order valence-corrected chi connectivity index (χ2v) is 14.6. The topological polar surface area (TPSA) is 158 Å². The number of sulfonamides is 1. The van der Waals surface area contributed by atoms with Crippen LogP contribution in [-0.4, -0.2) is 82.9 Å². The van der Waals surface area contributed by atoms with Gasteiger partial charge in [0.2, 0.25) is 17.8 Å². The van der Waals surface area contributed by atoms with Gasteiger partial charge in [0, 0.05) is 37.0 Å². The van der Waals surface area contributed by atoms with E-state index in [1.165, 1.54) is 29.2 Å². The molecule has 1 aromatic heterocycles. The number of fused-ring (bicyclic) bond motifs is 1. The van der Waals surface area contributed by atoms with Crippen molar-refractivity contribution < 1.29 is 30.8 Å². The molecule has 2 N–H and O–H groups in total. The van der Waals surface area contributed by atoms with Crippen LogP contribution in [0, 0.1) is 6.92 Å². The molecule has 2 saturated heterocycles. The number of hydrogen-bond donors (Lipinski definition) is 2. The van der Waals surface area contributed by atoms with Gasteiger partial charge >= 0.3 is 0 Å². The predicted molar refractivity (Wildman–Crippen MR) is 162 cm³/mol. The smallest absolute Gasteiger partial charge is 0.264 e.